The maximum Gasteiger partial charge on any atom is 0.224 e. The van der Waals surface area contributed by atoms with Gasteiger partial charge in [0.2, 0.25) is 5.28 Å². The SMILES string of the molecule is CCCCCn1c(C(C)=O)cc2cnc(Cl)nc21. The number of ketones is 1. The smallest absolute Gasteiger partial charge is 0.224 e. The molecule has 4 nitrogen and oxygen atoms in total. The molecule has 2 aromatic rings. The third-order valence-electron chi connectivity index (χ3n) is 2.95. The Bertz CT molecular complexity index is 577. The van der Waals surface area contributed by atoms with Crippen molar-refractivity contribution in [3.63, 3.8) is 0 Å². The molecular formula is C13H16ClN3O. The molecule has 0 unspecified atom stereocenters. The normalized spacial score (nSPS) is 11.1. The lowest BCUT2D eigenvalue weighted by molar-refractivity contribution is 0.100. The monoisotopic (exact) mass is 265 g/mol. The van der Waals surface area contributed by atoms with E-state index in [-0.39, 0.29) is 11.1 Å². The number of nitrogens with zero attached hydrogens (tertiary/aromatic N) is 3. The number of carbonyl (C=O) groups is 1. The van der Waals surface area contributed by atoms with Crippen LogP contribution in [0, 0.1) is 0 Å². The number of carbonyl (C=O) groups excluding carboxylic acids is 1. The fourth-order valence-electron chi connectivity index (χ4n) is 2.06. The Kier molecular flexibility index (Phi) is 3.97. The maximum absolute atomic E-state index is 11.7. The van der Waals surface area contributed by atoms with Crippen molar-refractivity contribution in [2.45, 2.75) is 39.7 Å². The summed E-state index contributed by atoms with van der Waals surface area (Å²) in [7, 11) is 0. The first kappa shape index (κ1) is 13.0. The lowest BCUT2D eigenvalue weighted by Crippen LogP contribution is -2.07. The molecule has 0 bridgehead atoms. The minimum absolute atomic E-state index is 0.0422. The second kappa shape index (κ2) is 5.48. The number of hydrogen-bond acceptors (Lipinski definition) is 3. The number of Topliss-reactive ketones (excluding diaryl/α,β-unsaturated/α-hetero) is 1. The Morgan fingerprint density at radius 1 is 1.44 bits per heavy atom. The molecule has 0 saturated heterocycles. The van der Waals surface area contributed by atoms with E-state index in [1.807, 2.05) is 10.6 Å². The summed E-state index contributed by atoms with van der Waals surface area (Å²) in [5.41, 5.74) is 1.42. The number of aromatic nitrogens is 3. The van der Waals surface area contributed by atoms with Crippen LogP contribution < -0.4 is 0 Å². The zero-order valence-electron chi connectivity index (χ0n) is 10.6. The molecular weight excluding hydrogens is 250 g/mol. The average Bonchev–Trinajstić information content (AvgIpc) is 2.68. The summed E-state index contributed by atoms with van der Waals surface area (Å²) in [5, 5.41) is 1.08. The van der Waals surface area contributed by atoms with Gasteiger partial charge in [-0.05, 0) is 24.1 Å². The van der Waals surface area contributed by atoms with Crippen molar-refractivity contribution in [3.8, 4) is 0 Å². The topological polar surface area (TPSA) is 47.8 Å². The van der Waals surface area contributed by atoms with E-state index in [1.54, 1.807) is 13.1 Å². The number of fused-ring (bicyclic) bond motifs is 1. The summed E-state index contributed by atoms with van der Waals surface area (Å²) in [4.78, 5) is 19.8. The van der Waals surface area contributed by atoms with Gasteiger partial charge in [-0.15, -0.1) is 0 Å². The van der Waals surface area contributed by atoms with E-state index in [9.17, 15) is 4.79 Å². The molecule has 0 amide bonds. The zero-order valence-corrected chi connectivity index (χ0v) is 11.4. The van der Waals surface area contributed by atoms with Gasteiger partial charge >= 0.3 is 0 Å². The maximum atomic E-state index is 11.7. The molecule has 0 spiro atoms. The number of hydrogen-bond donors (Lipinski definition) is 0. The van der Waals surface area contributed by atoms with E-state index in [2.05, 4.69) is 16.9 Å². The Morgan fingerprint density at radius 3 is 2.89 bits per heavy atom. The van der Waals surface area contributed by atoms with Crippen LogP contribution >= 0.6 is 11.6 Å². The van der Waals surface area contributed by atoms with Crippen molar-refractivity contribution in [2.24, 2.45) is 0 Å². The molecule has 0 saturated carbocycles. The lowest BCUT2D eigenvalue weighted by atomic mass is 10.2. The lowest BCUT2D eigenvalue weighted by Gasteiger charge is -2.07. The number of aryl methyl sites for hydroxylation is 1. The quantitative estimate of drug-likeness (QED) is 0.472. The van der Waals surface area contributed by atoms with Crippen molar-refractivity contribution in [2.75, 3.05) is 0 Å². The minimum Gasteiger partial charge on any atom is -0.323 e. The molecule has 18 heavy (non-hydrogen) atoms. The Hall–Kier alpha value is -1.42. The average molecular weight is 266 g/mol. The molecule has 2 aromatic heterocycles. The standard InChI is InChI=1S/C13H16ClN3O/c1-3-4-5-6-17-11(9(2)18)7-10-8-15-13(14)16-12(10)17/h7-8H,3-6H2,1-2H3. The summed E-state index contributed by atoms with van der Waals surface area (Å²) in [6.45, 7) is 4.51. The predicted molar refractivity (Wildman–Crippen MR) is 72.1 cm³/mol. The summed E-state index contributed by atoms with van der Waals surface area (Å²) in [6, 6.07) is 1.83. The van der Waals surface area contributed by atoms with E-state index < -0.39 is 0 Å². The van der Waals surface area contributed by atoms with E-state index in [0.717, 1.165) is 36.8 Å². The first-order valence-electron chi connectivity index (χ1n) is 6.16. The van der Waals surface area contributed by atoms with Gasteiger partial charge in [0, 0.05) is 25.1 Å². The first-order chi connectivity index (χ1) is 8.63. The minimum atomic E-state index is 0.0422. The van der Waals surface area contributed by atoms with Gasteiger partial charge in [0.1, 0.15) is 5.65 Å². The molecule has 5 heteroatoms. The fourth-order valence-corrected chi connectivity index (χ4v) is 2.19. The molecule has 2 heterocycles. The largest absolute Gasteiger partial charge is 0.323 e. The number of halogens is 1. The van der Waals surface area contributed by atoms with Crippen molar-refractivity contribution in [1.82, 2.24) is 14.5 Å². The molecule has 0 N–H and O–H groups in total. The van der Waals surface area contributed by atoms with E-state index in [4.69, 9.17) is 11.6 Å². The van der Waals surface area contributed by atoms with Crippen molar-refractivity contribution in [1.29, 1.82) is 0 Å². The molecule has 96 valence electrons. The Morgan fingerprint density at radius 2 is 2.22 bits per heavy atom. The van der Waals surface area contributed by atoms with Gasteiger partial charge in [0.25, 0.3) is 0 Å². The molecule has 0 aliphatic carbocycles. The summed E-state index contributed by atoms with van der Waals surface area (Å²) in [5.74, 6) is 0.0422. The van der Waals surface area contributed by atoms with Gasteiger partial charge in [-0.25, -0.2) is 4.98 Å². The third-order valence-corrected chi connectivity index (χ3v) is 3.13. The summed E-state index contributed by atoms with van der Waals surface area (Å²) < 4.78 is 1.95. The number of unbranched alkanes of at least 4 members (excludes halogenated alkanes) is 2. The molecule has 0 aliphatic heterocycles. The Balaban J connectivity index is 2.47. The van der Waals surface area contributed by atoms with Crippen LogP contribution in [0.2, 0.25) is 5.28 Å². The van der Waals surface area contributed by atoms with Crippen LogP contribution in [0.25, 0.3) is 11.0 Å². The van der Waals surface area contributed by atoms with Gasteiger partial charge in [-0.2, -0.15) is 4.98 Å². The molecule has 0 fully saturated rings. The van der Waals surface area contributed by atoms with Crippen molar-refractivity contribution < 1.29 is 4.79 Å². The van der Waals surface area contributed by atoms with Crippen LogP contribution in [-0.4, -0.2) is 20.3 Å². The Labute approximate surface area is 111 Å². The van der Waals surface area contributed by atoms with Crippen LogP contribution in [0.3, 0.4) is 0 Å². The van der Waals surface area contributed by atoms with Gasteiger partial charge < -0.3 is 4.57 Å². The van der Waals surface area contributed by atoms with Gasteiger partial charge in [-0.1, -0.05) is 19.8 Å². The highest BCUT2D eigenvalue weighted by atomic mass is 35.5. The third kappa shape index (κ3) is 2.53. The van der Waals surface area contributed by atoms with E-state index >= 15 is 0 Å². The van der Waals surface area contributed by atoms with Gasteiger partial charge in [0.15, 0.2) is 5.78 Å². The van der Waals surface area contributed by atoms with Crippen molar-refractivity contribution in [3.05, 3.63) is 23.2 Å². The number of rotatable bonds is 5. The van der Waals surface area contributed by atoms with Crippen molar-refractivity contribution >= 4 is 28.4 Å². The van der Waals surface area contributed by atoms with Crippen LogP contribution in [-0.2, 0) is 6.54 Å². The van der Waals surface area contributed by atoms with E-state index in [0.29, 0.717) is 5.69 Å². The van der Waals surface area contributed by atoms with Crippen LogP contribution in [0.4, 0.5) is 0 Å². The second-order valence-corrected chi connectivity index (χ2v) is 4.70. The fraction of sp³-hybridized carbons (Fsp3) is 0.462. The highest BCUT2D eigenvalue weighted by Gasteiger charge is 2.13. The molecule has 0 radical (unpaired) electrons. The predicted octanol–water partition coefficient (Wildman–Crippen LogP) is 3.48. The van der Waals surface area contributed by atoms with Crippen LogP contribution in [0.5, 0.6) is 0 Å². The second-order valence-electron chi connectivity index (χ2n) is 4.36. The molecule has 0 atom stereocenters. The highest BCUT2D eigenvalue weighted by Crippen LogP contribution is 2.20. The molecule has 0 aromatic carbocycles. The van der Waals surface area contributed by atoms with Crippen LogP contribution in [0.1, 0.15) is 43.6 Å². The highest BCUT2D eigenvalue weighted by molar-refractivity contribution is 6.28. The molecule has 0 aliphatic rings. The van der Waals surface area contributed by atoms with Crippen LogP contribution in [0.15, 0.2) is 12.3 Å². The molecule has 2 rings (SSSR count). The van der Waals surface area contributed by atoms with Gasteiger partial charge in [0.05, 0.1) is 5.69 Å². The zero-order chi connectivity index (χ0) is 13.1. The van der Waals surface area contributed by atoms with E-state index in [1.165, 1.54) is 0 Å². The summed E-state index contributed by atoms with van der Waals surface area (Å²) >= 11 is 5.82. The first-order valence-corrected chi connectivity index (χ1v) is 6.54. The van der Waals surface area contributed by atoms with Gasteiger partial charge in [-0.3, -0.25) is 4.79 Å². The summed E-state index contributed by atoms with van der Waals surface area (Å²) in [6.07, 6.45) is 4.97.